The molecule has 0 aromatic rings. The van der Waals surface area contributed by atoms with E-state index >= 15 is 0 Å². The molecule has 1 aliphatic carbocycles. The molecule has 0 heterocycles. The molecule has 1 fully saturated rings. The van der Waals surface area contributed by atoms with Gasteiger partial charge in [0.1, 0.15) is 6.54 Å². The molecule has 0 radical (unpaired) electrons. The molecule has 0 aliphatic heterocycles. The number of hydrogen-bond acceptors (Lipinski definition) is 3. The first-order valence-corrected chi connectivity index (χ1v) is 8.97. The zero-order valence-corrected chi connectivity index (χ0v) is 17.8. The van der Waals surface area contributed by atoms with Gasteiger partial charge in [-0.2, -0.15) is 0 Å². The Morgan fingerprint density at radius 1 is 1.17 bits per heavy atom. The fraction of sp³-hybridized carbons (Fsp3) is 0.882. The van der Waals surface area contributed by atoms with E-state index in [0.717, 1.165) is 32.5 Å². The van der Waals surface area contributed by atoms with Crippen LogP contribution >= 0.6 is 24.0 Å². The average Bonchev–Trinajstić information content (AvgIpc) is 2.56. The lowest BCUT2D eigenvalue weighted by Gasteiger charge is -2.22. The maximum atomic E-state index is 11.6. The van der Waals surface area contributed by atoms with E-state index < -0.39 is 0 Å². The van der Waals surface area contributed by atoms with E-state index in [0.29, 0.717) is 12.1 Å². The minimum Gasteiger partial charge on any atom is -0.378 e. The fourth-order valence-corrected chi connectivity index (χ4v) is 2.47. The molecular formula is C17H35IN4O2. The molecule has 0 unspecified atom stereocenters. The van der Waals surface area contributed by atoms with Crippen molar-refractivity contribution in [2.75, 3.05) is 40.3 Å². The number of ether oxygens (including phenoxy) is 1. The zero-order valence-electron chi connectivity index (χ0n) is 15.5. The molecule has 1 amide bonds. The number of rotatable bonds is 9. The summed E-state index contributed by atoms with van der Waals surface area (Å²) >= 11 is 0. The van der Waals surface area contributed by atoms with Crippen LogP contribution in [0.15, 0.2) is 4.99 Å². The third kappa shape index (κ3) is 11.1. The highest BCUT2D eigenvalue weighted by Gasteiger charge is 2.13. The van der Waals surface area contributed by atoms with Gasteiger partial charge < -0.3 is 20.3 Å². The van der Waals surface area contributed by atoms with Crippen LogP contribution in [-0.2, 0) is 9.53 Å². The SMILES string of the molecule is CCCNC(=NCC(=O)N(C)C)NCCCOC1CCCCC1.I. The van der Waals surface area contributed by atoms with E-state index in [1.807, 2.05) is 0 Å². The van der Waals surface area contributed by atoms with Crippen molar-refractivity contribution in [3.05, 3.63) is 0 Å². The minimum absolute atomic E-state index is 0. The Kier molecular flexibility index (Phi) is 14.4. The summed E-state index contributed by atoms with van der Waals surface area (Å²) in [6, 6.07) is 0. The van der Waals surface area contributed by atoms with Crippen molar-refractivity contribution in [1.82, 2.24) is 15.5 Å². The van der Waals surface area contributed by atoms with Gasteiger partial charge in [-0.1, -0.05) is 26.2 Å². The molecular weight excluding hydrogens is 419 g/mol. The van der Waals surface area contributed by atoms with Crippen LogP contribution in [0.4, 0.5) is 0 Å². The summed E-state index contributed by atoms with van der Waals surface area (Å²) in [5.41, 5.74) is 0. The number of nitrogens with one attached hydrogen (secondary N) is 2. The minimum atomic E-state index is 0. The summed E-state index contributed by atoms with van der Waals surface area (Å²) < 4.78 is 5.91. The highest BCUT2D eigenvalue weighted by molar-refractivity contribution is 14.0. The lowest BCUT2D eigenvalue weighted by atomic mass is 9.98. The molecule has 1 saturated carbocycles. The van der Waals surface area contributed by atoms with Gasteiger partial charge >= 0.3 is 0 Å². The molecule has 1 rings (SSSR count). The van der Waals surface area contributed by atoms with Crippen molar-refractivity contribution < 1.29 is 9.53 Å². The average molecular weight is 454 g/mol. The first-order chi connectivity index (χ1) is 11.1. The van der Waals surface area contributed by atoms with Gasteiger partial charge in [0.2, 0.25) is 5.91 Å². The second-order valence-electron chi connectivity index (χ2n) is 6.29. The summed E-state index contributed by atoms with van der Waals surface area (Å²) in [6.07, 6.45) is 8.83. The van der Waals surface area contributed by atoms with Gasteiger partial charge in [0.25, 0.3) is 0 Å². The molecule has 0 spiro atoms. The second-order valence-corrected chi connectivity index (χ2v) is 6.29. The van der Waals surface area contributed by atoms with Crippen LogP contribution in [0.1, 0.15) is 51.9 Å². The van der Waals surface area contributed by atoms with Crippen molar-refractivity contribution in [3.63, 3.8) is 0 Å². The first-order valence-electron chi connectivity index (χ1n) is 8.97. The largest absolute Gasteiger partial charge is 0.378 e. The Morgan fingerprint density at radius 3 is 2.46 bits per heavy atom. The molecule has 1 aliphatic rings. The van der Waals surface area contributed by atoms with E-state index in [9.17, 15) is 4.79 Å². The van der Waals surface area contributed by atoms with Crippen LogP contribution < -0.4 is 10.6 Å². The van der Waals surface area contributed by atoms with Gasteiger partial charge in [-0.15, -0.1) is 24.0 Å². The van der Waals surface area contributed by atoms with Crippen molar-refractivity contribution in [3.8, 4) is 0 Å². The normalized spacial score (nSPS) is 15.5. The monoisotopic (exact) mass is 454 g/mol. The Bertz CT molecular complexity index is 358. The third-order valence-corrected chi connectivity index (χ3v) is 3.93. The molecule has 142 valence electrons. The molecule has 24 heavy (non-hydrogen) atoms. The third-order valence-electron chi connectivity index (χ3n) is 3.93. The summed E-state index contributed by atoms with van der Waals surface area (Å²) in [5.74, 6) is 0.711. The molecule has 0 aromatic heterocycles. The lowest BCUT2D eigenvalue weighted by Crippen LogP contribution is -2.39. The second kappa shape index (κ2) is 14.7. The predicted molar refractivity (Wildman–Crippen MR) is 110 cm³/mol. The molecule has 2 N–H and O–H groups in total. The summed E-state index contributed by atoms with van der Waals surface area (Å²) in [5, 5.41) is 6.51. The van der Waals surface area contributed by atoms with Crippen molar-refractivity contribution in [2.24, 2.45) is 4.99 Å². The van der Waals surface area contributed by atoms with E-state index in [2.05, 4.69) is 22.5 Å². The Labute approximate surface area is 164 Å². The van der Waals surface area contributed by atoms with Crippen molar-refractivity contribution >= 4 is 35.8 Å². The Morgan fingerprint density at radius 2 is 1.83 bits per heavy atom. The highest BCUT2D eigenvalue weighted by atomic mass is 127. The van der Waals surface area contributed by atoms with Crippen LogP contribution in [0, 0.1) is 0 Å². The number of hydrogen-bond donors (Lipinski definition) is 2. The van der Waals surface area contributed by atoms with Gasteiger partial charge in [0.15, 0.2) is 5.96 Å². The number of aliphatic imine (C=N–C) groups is 1. The van der Waals surface area contributed by atoms with Crippen LogP contribution in [0.5, 0.6) is 0 Å². The van der Waals surface area contributed by atoms with Crippen molar-refractivity contribution in [2.45, 2.75) is 58.0 Å². The topological polar surface area (TPSA) is 66.0 Å². The van der Waals surface area contributed by atoms with E-state index in [1.165, 1.54) is 32.1 Å². The molecule has 0 atom stereocenters. The van der Waals surface area contributed by atoms with Crippen LogP contribution in [0.25, 0.3) is 0 Å². The smallest absolute Gasteiger partial charge is 0.243 e. The van der Waals surface area contributed by atoms with E-state index in [4.69, 9.17) is 4.74 Å². The van der Waals surface area contributed by atoms with Crippen LogP contribution in [0.3, 0.4) is 0 Å². The Balaban J connectivity index is 0.00000529. The lowest BCUT2D eigenvalue weighted by molar-refractivity contribution is -0.127. The van der Waals surface area contributed by atoms with Gasteiger partial charge in [0.05, 0.1) is 6.10 Å². The molecule has 0 saturated heterocycles. The number of amides is 1. The fourth-order valence-electron chi connectivity index (χ4n) is 2.47. The summed E-state index contributed by atoms with van der Waals surface area (Å²) in [4.78, 5) is 17.5. The maximum absolute atomic E-state index is 11.6. The number of halogens is 1. The van der Waals surface area contributed by atoms with E-state index in [-0.39, 0.29) is 36.4 Å². The van der Waals surface area contributed by atoms with Gasteiger partial charge in [-0.3, -0.25) is 4.79 Å². The first kappa shape index (κ1) is 23.4. The molecule has 0 aromatic carbocycles. The summed E-state index contributed by atoms with van der Waals surface area (Å²) in [6.45, 7) is 4.71. The zero-order chi connectivity index (χ0) is 16.9. The number of carbonyl (C=O) groups is 1. The predicted octanol–water partition coefficient (Wildman–Crippen LogP) is 2.38. The standard InChI is InChI=1S/C17H34N4O2.HI/c1-4-11-18-17(20-14-16(22)21(2)3)19-12-8-13-23-15-9-6-5-7-10-15;/h15H,4-14H2,1-3H3,(H2,18,19,20);1H. The molecule has 0 bridgehead atoms. The van der Waals surface area contributed by atoms with Crippen LogP contribution in [-0.4, -0.2) is 63.2 Å². The summed E-state index contributed by atoms with van der Waals surface area (Å²) in [7, 11) is 3.49. The van der Waals surface area contributed by atoms with Gasteiger partial charge in [-0.05, 0) is 25.7 Å². The number of carbonyl (C=O) groups excluding carboxylic acids is 1. The van der Waals surface area contributed by atoms with Crippen molar-refractivity contribution in [1.29, 1.82) is 0 Å². The highest BCUT2D eigenvalue weighted by Crippen LogP contribution is 2.20. The number of nitrogens with zero attached hydrogens (tertiary/aromatic N) is 2. The Hall–Kier alpha value is -0.570. The molecule has 7 heteroatoms. The maximum Gasteiger partial charge on any atom is 0.243 e. The van der Waals surface area contributed by atoms with Crippen LogP contribution in [0.2, 0.25) is 0 Å². The van der Waals surface area contributed by atoms with Gasteiger partial charge in [0, 0.05) is 33.8 Å². The quantitative estimate of drug-likeness (QED) is 0.243. The number of guanidine groups is 1. The van der Waals surface area contributed by atoms with E-state index in [1.54, 1.807) is 19.0 Å². The molecule has 6 nitrogen and oxygen atoms in total. The number of likely N-dealkylation sites (N-methyl/N-ethyl adjacent to an activating group) is 1. The van der Waals surface area contributed by atoms with Gasteiger partial charge in [-0.25, -0.2) is 4.99 Å².